The molecule has 0 saturated carbocycles. The third-order valence-electron chi connectivity index (χ3n) is 2.00. The van der Waals surface area contributed by atoms with Crippen molar-refractivity contribution in [2.75, 3.05) is 0 Å². The lowest BCUT2D eigenvalue weighted by molar-refractivity contribution is 0.477. The van der Waals surface area contributed by atoms with Crippen molar-refractivity contribution in [3.05, 3.63) is 54.3 Å². The number of hydrogen-bond acceptors (Lipinski definition) is 1. The molecule has 2 rings (SSSR count). The van der Waals surface area contributed by atoms with E-state index in [2.05, 4.69) is 6.07 Å². The van der Waals surface area contributed by atoms with Crippen LogP contribution in [-0.4, -0.2) is 5.11 Å². The summed E-state index contributed by atoms with van der Waals surface area (Å²) in [6, 6.07) is 13.7. The molecule has 0 aromatic heterocycles. The highest BCUT2D eigenvalue weighted by molar-refractivity contribution is 5.69. The average Bonchev–Trinajstić information content (AvgIpc) is 2.20. The van der Waals surface area contributed by atoms with Crippen LogP contribution < -0.4 is 0 Å². The molecule has 2 heteroatoms. The predicted molar refractivity (Wildman–Crippen MR) is 52.3 cm³/mol. The van der Waals surface area contributed by atoms with Gasteiger partial charge in [0.2, 0.25) is 0 Å². The van der Waals surface area contributed by atoms with E-state index in [4.69, 9.17) is 0 Å². The number of benzene rings is 2. The van der Waals surface area contributed by atoms with Crippen LogP contribution in [0, 0.1) is 11.9 Å². The van der Waals surface area contributed by atoms with Gasteiger partial charge >= 0.3 is 0 Å². The Morgan fingerprint density at radius 2 is 1.79 bits per heavy atom. The number of halogens is 1. The maximum atomic E-state index is 12.6. The van der Waals surface area contributed by atoms with Crippen LogP contribution in [0.5, 0.6) is 5.75 Å². The highest BCUT2D eigenvalue weighted by Crippen LogP contribution is 2.27. The maximum absolute atomic E-state index is 12.6. The standard InChI is InChI=1S/C12H8FO/c13-10-7-5-9(6-8-10)11-3-1-2-4-12(11)14/h2-8,14H. The average molecular weight is 187 g/mol. The van der Waals surface area contributed by atoms with Gasteiger partial charge in [0.25, 0.3) is 0 Å². The molecule has 1 radical (unpaired) electrons. The van der Waals surface area contributed by atoms with Crippen molar-refractivity contribution in [3.8, 4) is 16.9 Å². The molecule has 2 aromatic rings. The fourth-order valence-electron chi connectivity index (χ4n) is 1.28. The first-order valence-corrected chi connectivity index (χ1v) is 4.22. The van der Waals surface area contributed by atoms with Crippen molar-refractivity contribution in [2.24, 2.45) is 0 Å². The fourth-order valence-corrected chi connectivity index (χ4v) is 1.28. The van der Waals surface area contributed by atoms with E-state index in [1.807, 2.05) is 0 Å². The van der Waals surface area contributed by atoms with E-state index in [9.17, 15) is 9.50 Å². The quantitative estimate of drug-likeness (QED) is 0.727. The summed E-state index contributed by atoms with van der Waals surface area (Å²) in [7, 11) is 0. The van der Waals surface area contributed by atoms with Crippen LogP contribution in [0.15, 0.2) is 42.5 Å². The fraction of sp³-hybridized carbons (Fsp3) is 0. The number of rotatable bonds is 1. The van der Waals surface area contributed by atoms with Crippen molar-refractivity contribution in [1.29, 1.82) is 0 Å². The van der Waals surface area contributed by atoms with Gasteiger partial charge in [-0.3, -0.25) is 0 Å². The topological polar surface area (TPSA) is 20.2 Å². The lowest BCUT2D eigenvalue weighted by atomic mass is 10.1. The summed E-state index contributed by atoms with van der Waals surface area (Å²) in [6.07, 6.45) is 0. The van der Waals surface area contributed by atoms with E-state index < -0.39 is 0 Å². The van der Waals surface area contributed by atoms with Crippen molar-refractivity contribution < 1.29 is 9.50 Å². The summed E-state index contributed by atoms with van der Waals surface area (Å²) in [5.74, 6) is -0.108. The normalized spacial score (nSPS) is 10.1. The molecule has 0 heterocycles. The van der Waals surface area contributed by atoms with Gasteiger partial charge in [-0.25, -0.2) is 4.39 Å². The molecule has 0 saturated heterocycles. The lowest BCUT2D eigenvalue weighted by Gasteiger charge is -2.03. The third-order valence-corrected chi connectivity index (χ3v) is 2.00. The van der Waals surface area contributed by atoms with Crippen LogP contribution in [0.25, 0.3) is 11.1 Å². The van der Waals surface area contributed by atoms with Crippen molar-refractivity contribution in [2.45, 2.75) is 0 Å². The highest BCUT2D eigenvalue weighted by atomic mass is 19.1. The summed E-state index contributed by atoms with van der Waals surface area (Å²) in [5, 5.41) is 9.52. The highest BCUT2D eigenvalue weighted by Gasteiger charge is 2.02. The Labute approximate surface area is 81.4 Å². The van der Waals surface area contributed by atoms with Crippen LogP contribution in [0.1, 0.15) is 0 Å². The molecule has 0 unspecified atom stereocenters. The summed E-state index contributed by atoms with van der Waals surface area (Å²) in [4.78, 5) is 0. The molecular weight excluding hydrogens is 179 g/mol. The van der Waals surface area contributed by atoms with E-state index in [1.165, 1.54) is 12.1 Å². The summed E-state index contributed by atoms with van der Waals surface area (Å²) in [6.45, 7) is 0. The summed E-state index contributed by atoms with van der Waals surface area (Å²) in [5.41, 5.74) is 1.44. The predicted octanol–water partition coefficient (Wildman–Crippen LogP) is 3.00. The van der Waals surface area contributed by atoms with Gasteiger partial charge in [-0.15, -0.1) is 0 Å². The maximum Gasteiger partial charge on any atom is 0.123 e. The van der Waals surface area contributed by atoms with Crippen LogP contribution in [0.3, 0.4) is 0 Å². The first-order valence-electron chi connectivity index (χ1n) is 4.22. The number of phenols is 1. The largest absolute Gasteiger partial charge is 0.507 e. The first-order chi connectivity index (χ1) is 6.77. The Morgan fingerprint density at radius 3 is 2.43 bits per heavy atom. The van der Waals surface area contributed by atoms with E-state index in [-0.39, 0.29) is 11.6 Å². The Kier molecular flexibility index (Phi) is 2.19. The molecule has 2 aromatic carbocycles. The van der Waals surface area contributed by atoms with Crippen LogP contribution in [0.4, 0.5) is 4.39 Å². The molecule has 0 spiro atoms. The summed E-state index contributed by atoms with van der Waals surface area (Å²) >= 11 is 0. The monoisotopic (exact) mass is 187 g/mol. The zero-order chi connectivity index (χ0) is 9.97. The van der Waals surface area contributed by atoms with Gasteiger partial charge < -0.3 is 5.11 Å². The van der Waals surface area contributed by atoms with Crippen LogP contribution in [-0.2, 0) is 0 Å². The molecule has 0 aliphatic heterocycles. The van der Waals surface area contributed by atoms with E-state index in [1.54, 1.807) is 30.3 Å². The molecule has 0 bridgehead atoms. The Morgan fingerprint density at radius 1 is 1.07 bits per heavy atom. The number of hydrogen-bond donors (Lipinski definition) is 1. The molecule has 0 aliphatic carbocycles. The SMILES string of the molecule is Oc1cc[c]cc1-c1ccc(F)cc1. The molecule has 1 nitrogen and oxygen atoms in total. The summed E-state index contributed by atoms with van der Waals surface area (Å²) < 4.78 is 12.6. The Hall–Kier alpha value is -1.83. The van der Waals surface area contributed by atoms with E-state index in [0.717, 1.165) is 5.56 Å². The third kappa shape index (κ3) is 1.59. The lowest BCUT2D eigenvalue weighted by Crippen LogP contribution is -1.79. The van der Waals surface area contributed by atoms with Gasteiger partial charge in [0.1, 0.15) is 11.6 Å². The smallest absolute Gasteiger partial charge is 0.123 e. The molecule has 0 atom stereocenters. The zero-order valence-corrected chi connectivity index (χ0v) is 7.37. The van der Waals surface area contributed by atoms with Crippen LogP contribution >= 0.6 is 0 Å². The second-order valence-electron chi connectivity index (χ2n) is 2.95. The first kappa shape index (κ1) is 8.75. The molecule has 0 fully saturated rings. The van der Waals surface area contributed by atoms with Crippen molar-refractivity contribution in [3.63, 3.8) is 0 Å². The van der Waals surface area contributed by atoms with Crippen molar-refractivity contribution >= 4 is 0 Å². The minimum Gasteiger partial charge on any atom is -0.507 e. The molecular formula is C12H8FO. The zero-order valence-electron chi connectivity index (χ0n) is 7.37. The number of aromatic hydroxyl groups is 1. The van der Waals surface area contributed by atoms with Gasteiger partial charge in [0.15, 0.2) is 0 Å². The number of phenolic OH excluding ortho intramolecular Hbond substituents is 1. The van der Waals surface area contributed by atoms with Crippen molar-refractivity contribution in [1.82, 2.24) is 0 Å². The molecule has 14 heavy (non-hydrogen) atoms. The van der Waals surface area contributed by atoms with Gasteiger partial charge in [0, 0.05) is 5.56 Å². The van der Waals surface area contributed by atoms with Crippen LogP contribution in [0.2, 0.25) is 0 Å². The second-order valence-corrected chi connectivity index (χ2v) is 2.95. The van der Waals surface area contributed by atoms with E-state index in [0.29, 0.717) is 5.56 Å². The minimum absolute atomic E-state index is 0.176. The second kappa shape index (κ2) is 3.50. The van der Waals surface area contributed by atoms with Gasteiger partial charge in [0.05, 0.1) is 0 Å². The van der Waals surface area contributed by atoms with Gasteiger partial charge in [-0.2, -0.15) is 0 Å². The molecule has 0 amide bonds. The molecule has 69 valence electrons. The minimum atomic E-state index is -0.284. The van der Waals surface area contributed by atoms with Gasteiger partial charge in [-0.05, 0) is 35.9 Å². The Balaban J connectivity index is 2.50. The molecule has 1 N–H and O–H groups in total. The van der Waals surface area contributed by atoms with E-state index >= 15 is 0 Å². The molecule has 0 aliphatic rings. The van der Waals surface area contributed by atoms with Gasteiger partial charge in [-0.1, -0.05) is 18.2 Å². The Bertz CT molecular complexity index is 434.